The number of cyclic esters (lactones) is 1. The Bertz CT molecular complexity index is 480. The summed E-state index contributed by atoms with van der Waals surface area (Å²) in [5.74, 6) is 0. The highest BCUT2D eigenvalue weighted by Gasteiger charge is 2.49. The van der Waals surface area contributed by atoms with Crippen molar-refractivity contribution in [2.45, 2.75) is 31.0 Å². The number of amides is 1. The minimum absolute atomic E-state index is 0.0792. The molecule has 2 aliphatic rings. The van der Waals surface area contributed by atoms with E-state index < -0.39 is 24.4 Å². The number of benzene rings is 1. The van der Waals surface area contributed by atoms with Crippen molar-refractivity contribution in [2.75, 3.05) is 13.2 Å². The third-order valence-corrected chi connectivity index (χ3v) is 3.79. The molecule has 1 aromatic carbocycles. The molecule has 1 aromatic rings. The number of piperidine rings is 1. The van der Waals surface area contributed by atoms with Crippen LogP contribution in [0.2, 0.25) is 0 Å². The fraction of sp³-hybridized carbons (Fsp3) is 0.500. The fourth-order valence-electron chi connectivity index (χ4n) is 2.68. The van der Waals surface area contributed by atoms with Gasteiger partial charge in [0.25, 0.3) is 0 Å². The van der Waals surface area contributed by atoms with Crippen molar-refractivity contribution >= 4 is 6.09 Å². The Morgan fingerprint density at radius 2 is 2.05 bits per heavy atom. The molecule has 2 fully saturated rings. The highest BCUT2D eigenvalue weighted by Crippen LogP contribution is 2.27. The molecule has 2 N–H and O–H groups in total. The lowest BCUT2D eigenvalue weighted by Crippen LogP contribution is -2.61. The molecule has 2 aliphatic heterocycles. The first kappa shape index (κ1) is 13.4. The predicted molar refractivity (Wildman–Crippen MR) is 68.9 cm³/mol. The number of fused-ring (bicyclic) bond motifs is 1. The number of aliphatic hydroxyl groups is 2. The van der Waals surface area contributed by atoms with Crippen LogP contribution in [0.15, 0.2) is 30.3 Å². The first-order chi connectivity index (χ1) is 9.66. The van der Waals surface area contributed by atoms with Crippen LogP contribution in [0.1, 0.15) is 5.56 Å². The van der Waals surface area contributed by atoms with Gasteiger partial charge in [-0.3, -0.25) is 4.90 Å². The van der Waals surface area contributed by atoms with Crippen LogP contribution in [-0.4, -0.2) is 58.7 Å². The molecule has 0 aromatic heterocycles. The topological polar surface area (TPSA) is 79.2 Å². The second kappa shape index (κ2) is 5.40. The van der Waals surface area contributed by atoms with Crippen LogP contribution >= 0.6 is 0 Å². The Morgan fingerprint density at radius 1 is 1.30 bits per heavy atom. The maximum absolute atomic E-state index is 11.5. The van der Waals surface area contributed by atoms with Gasteiger partial charge in [0.1, 0.15) is 24.9 Å². The van der Waals surface area contributed by atoms with Gasteiger partial charge >= 0.3 is 6.09 Å². The van der Waals surface area contributed by atoms with E-state index in [0.717, 1.165) is 5.56 Å². The highest BCUT2D eigenvalue weighted by molar-refractivity contribution is 5.70. The Labute approximate surface area is 116 Å². The molecule has 0 aliphatic carbocycles. The van der Waals surface area contributed by atoms with E-state index in [0.29, 0.717) is 6.61 Å². The molecule has 108 valence electrons. The fourth-order valence-corrected chi connectivity index (χ4v) is 2.68. The molecule has 0 radical (unpaired) electrons. The molecule has 0 saturated carbocycles. The van der Waals surface area contributed by atoms with Gasteiger partial charge in [-0.2, -0.15) is 0 Å². The second-order valence-electron chi connectivity index (χ2n) is 5.12. The molecule has 2 heterocycles. The van der Waals surface area contributed by atoms with Crippen molar-refractivity contribution in [2.24, 2.45) is 0 Å². The number of rotatable bonds is 3. The first-order valence-corrected chi connectivity index (χ1v) is 6.62. The summed E-state index contributed by atoms with van der Waals surface area (Å²) in [5.41, 5.74) is 0.969. The smallest absolute Gasteiger partial charge is 0.410 e. The highest BCUT2D eigenvalue weighted by atomic mass is 16.6. The monoisotopic (exact) mass is 279 g/mol. The molecule has 4 atom stereocenters. The molecule has 1 amide bonds. The molecular weight excluding hydrogens is 262 g/mol. The van der Waals surface area contributed by atoms with E-state index in [9.17, 15) is 15.0 Å². The van der Waals surface area contributed by atoms with E-state index in [1.807, 2.05) is 30.3 Å². The molecule has 3 rings (SSSR count). The van der Waals surface area contributed by atoms with Crippen molar-refractivity contribution in [3.8, 4) is 0 Å². The van der Waals surface area contributed by atoms with E-state index in [1.54, 1.807) is 0 Å². The summed E-state index contributed by atoms with van der Waals surface area (Å²) in [7, 11) is 0. The van der Waals surface area contributed by atoms with E-state index in [4.69, 9.17) is 9.47 Å². The molecule has 0 bridgehead atoms. The Balaban J connectivity index is 1.71. The summed E-state index contributed by atoms with van der Waals surface area (Å²) in [5, 5.41) is 19.9. The SMILES string of the molecule is O=C1OCC2C(OCc3ccccc3)C(O)C(O)CN12. The van der Waals surface area contributed by atoms with Crippen LogP contribution in [0.5, 0.6) is 0 Å². The lowest BCUT2D eigenvalue weighted by atomic mass is 9.95. The lowest BCUT2D eigenvalue weighted by Gasteiger charge is -2.40. The molecular formula is C14H17NO5. The van der Waals surface area contributed by atoms with Gasteiger partial charge in [-0.05, 0) is 5.56 Å². The summed E-state index contributed by atoms with van der Waals surface area (Å²) in [6.07, 6.45) is -3.15. The van der Waals surface area contributed by atoms with Crippen molar-refractivity contribution < 1.29 is 24.5 Å². The normalized spacial score (nSPS) is 32.9. The maximum Gasteiger partial charge on any atom is 0.410 e. The average Bonchev–Trinajstić information content (AvgIpc) is 2.82. The Kier molecular flexibility index (Phi) is 3.60. The molecule has 6 heteroatoms. The number of carbonyl (C=O) groups is 1. The van der Waals surface area contributed by atoms with Crippen molar-refractivity contribution in [1.29, 1.82) is 0 Å². The van der Waals surface area contributed by atoms with Crippen molar-refractivity contribution in [1.82, 2.24) is 4.90 Å². The zero-order chi connectivity index (χ0) is 14.1. The minimum atomic E-state index is -1.02. The summed E-state index contributed by atoms with van der Waals surface area (Å²) in [6, 6.07) is 9.20. The van der Waals surface area contributed by atoms with Crippen molar-refractivity contribution in [3.05, 3.63) is 35.9 Å². The van der Waals surface area contributed by atoms with Gasteiger partial charge in [0.2, 0.25) is 0 Å². The lowest BCUT2D eigenvalue weighted by molar-refractivity contribution is -0.147. The third-order valence-electron chi connectivity index (χ3n) is 3.79. The maximum atomic E-state index is 11.5. The zero-order valence-corrected chi connectivity index (χ0v) is 10.9. The van der Waals surface area contributed by atoms with Crippen LogP contribution < -0.4 is 0 Å². The number of carbonyl (C=O) groups excluding carboxylic acids is 1. The van der Waals surface area contributed by atoms with E-state index in [-0.39, 0.29) is 19.2 Å². The number of hydrogen-bond acceptors (Lipinski definition) is 5. The van der Waals surface area contributed by atoms with Gasteiger partial charge in [0.05, 0.1) is 19.2 Å². The summed E-state index contributed by atoms with van der Waals surface area (Å²) in [4.78, 5) is 13.0. The number of ether oxygens (including phenoxy) is 2. The van der Waals surface area contributed by atoms with Crippen LogP contribution in [0, 0.1) is 0 Å². The Morgan fingerprint density at radius 3 is 2.80 bits per heavy atom. The number of aliphatic hydroxyl groups excluding tert-OH is 2. The third kappa shape index (κ3) is 2.37. The van der Waals surface area contributed by atoms with Crippen LogP contribution in [-0.2, 0) is 16.1 Å². The molecule has 20 heavy (non-hydrogen) atoms. The van der Waals surface area contributed by atoms with Crippen LogP contribution in [0.25, 0.3) is 0 Å². The van der Waals surface area contributed by atoms with Gasteiger partial charge in [-0.15, -0.1) is 0 Å². The summed E-state index contributed by atoms with van der Waals surface area (Å²) < 4.78 is 10.7. The van der Waals surface area contributed by atoms with Gasteiger partial charge in [0.15, 0.2) is 0 Å². The zero-order valence-electron chi connectivity index (χ0n) is 10.9. The predicted octanol–water partition coefficient (Wildman–Crippen LogP) is 0.128. The van der Waals surface area contributed by atoms with E-state index >= 15 is 0 Å². The van der Waals surface area contributed by atoms with E-state index in [1.165, 1.54) is 4.90 Å². The second-order valence-corrected chi connectivity index (χ2v) is 5.12. The first-order valence-electron chi connectivity index (χ1n) is 6.62. The summed E-state index contributed by atoms with van der Waals surface area (Å²) >= 11 is 0. The van der Waals surface area contributed by atoms with Gasteiger partial charge in [-0.25, -0.2) is 4.79 Å². The van der Waals surface area contributed by atoms with Crippen LogP contribution in [0.4, 0.5) is 4.79 Å². The minimum Gasteiger partial charge on any atom is -0.447 e. The van der Waals surface area contributed by atoms with Gasteiger partial charge < -0.3 is 19.7 Å². The van der Waals surface area contributed by atoms with E-state index in [2.05, 4.69) is 0 Å². The Hall–Kier alpha value is -1.63. The standard InChI is InChI=1S/C14H17NO5/c16-11-6-15-10(8-20-14(15)18)13(12(11)17)19-7-9-4-2-1-3-5-9/h1-5,10-13,16-17H,6-8H2. The molecule has 4 unspecified atom stereocenters. The summed E-state index contributed by atoms with van der Waals surface area (Å²) in [6.45, 7) is 0.575. The van der Waals surface area contributed by atoms with Crippen LogP contribution in [0.3, 0.4) is 0 Å². The molecule has 6 nitrogen and oxygen atoms in total. The quantitative estimate of drug-likeness (QED) is 0.822. The number of nitrogens with zero attached hydrogens (tertiary/aromatic N) is 1. The van der Waals surface area contributed by atoms with Crippen molar-refractivity contribution in [3.63, 3.8) is 0 Å². The average molecular weight is 279 g/mol. The number of hydrogen-bond donors (Lipinski definition) is 2. The van der Waals surface area contributed by atoms with Gasteiger partial charge in [-0.1, -0.05) is 30.3 Å². The molecule has 2 saturated heterocycles. The largest absolute Gasteiger partial charge is 0.447 e. The molecule has 0 spiro atoms. The van der Waals surface area contributed by atoms with Gasteiger partial charge in [0, 0.05) is 0 Å².